The number of carboxylic acids is 1. The second-order valence-corrected chi connectivity index (χ2v) is 3.35. The molecule has 0 saturated heterocycles. The van der Waals surface area contributed by atoms with Gasteiger partial charge in [0.05, 0.1) is 5.97 Å². The molecule has 0 atom stereocenters. The lowest BCUT2D eigenvalue weighted by Gasteiger charge is -2.06. The van der Waals surface area contributed by atoms with E-state index in [9.17, 15) is 14.3 Å². The van der Waals surface area contributed by atoms with Crippen LogP contribution in [0.5, 0.6) is 0 Å². The fourth-order valence-corrected chi connectivity index (χ4v) is 1.51. The number of carbonyl (C=O) groups is 1. The molecule has 0 unspecified atom stereocenters. The summed E-state index contributed by atoms with van der Waals surface area (Å²) in [6, 6.07) is 12.3. The summed E-state index contributed by atoms with van der Waals surface area (Å²) in [6.45, 7) is 0. The molecule has 2 nitrogen and oxygen atoms in total. The highest BCUT2D eigenvalue weighted by molar-refractivity contribution is 5.87. The van der Waals surface area contributed by atoms with Gasteiger partial charge >= 0.3 is 0 Å². The Morgan fingerprint density at radius 3 is 2.50 bits per heavy atom. The van der Waals surface area contributed by atoms with E-state index in [0.29, 0.717) is 11.1 Å². The lowest BCUT2D eigenvalue weighted by atomic mass is 10.0. The number of hydrogen-bond donors (Lipinski definition) is 0. The maximum absolute atomic E-state index is 13.4. The zero-order chi connectivity index (χ0) is 11.5. The summed E-state index contributed by atoms with van der Waals surface area (Å²) in [5.74, 6) is -1.64. The number of aromatic carboxylic acids is 1. The molecule has 0 aliphatic rings. The maximum Gasteiger partial charge on any atom is 0.131 e. The molecule has 0 aliphatic carbocycles. The Hall–Kier alpha value is -2.16. The van der Waals surface area contributed by atoms with Gasteiger partial charge in [0, 0.05) is 5.56 Å². The topological polar surface area (TPSA) is 40.1 Å². The van der Waals surface area contributed by atoms with Gasteiger partial charge < -0.3 is 9.90 Å². The zero-order valence-electron chi connectivity index (χ0n) is 8.31. The highest BCUT2D eigenvalue weighted by Crippen LogP contribution is 2.22. The molecular weight excluding hydrogens is 207 g/mol. The molecule has 80 valence electrons. The molecule has 0 radical (unpaired) electrons. The van der Waals surface area contributed by atoms with Gasteiger partial charge in [-0.05, 0) is 23.3 Å². The van der Waals surface area contributed by atoms with Crippen molar-refractivity contribution < 1.29 is 14.3 Å². The van der Waals surface area contributed by atoms with Gasteiger partial charge in [-0.3, -0.25) is 0 Å². The summed E-state index contributed by atoms with van der Waals surface area (Å²) in [5, 5.41) is 10.7. The van der Waals surface area contributed by atoms with Crippen LogP contribution in [-0.4, -0.2) is 5.97 Å². The summed E-state index contributed by atoms with van der Waals surface area (Å²) in [5.41, 5.74) is 0.950. The molecule has 0 bridgehead atoms. The second kappa shape index (κ2) is 4.14. The van der Waals surface area contributed by atoms with Crippen molar-refractivity contribution in [2.45, 2.75) is 0 Å². The summed E-state index contributed by atoms with van der Waals surface area (Å²) in [4.78, 5) is 10.7. The molecule has 2 aromatic carbocycles. The normalized spacial score (nSPS) is 10.1. The number of halogens is 1. The molecule has 0 aliphatic heterocycles. The average Bonchev–Trinajstić information content (AvgIpc) is 2.30. The molecule has 0 N–H and O–H groups in total. The third-order valence-corrected chi connectivity index (χ3v) is 2.28. The Balaban J connectivity index is 2.53. The van der Waals surface area contributed by atoms with Gasteiger partial charge in [0.1, 0.15) is 5.82 Å². The van der Waals surface area contributed by atoms with Gasteiger partial charge in [0.15, 0.2) is 0 Å². The Morgan fingerprint density at radius 1 is 1.06 bits per heavy atom. The van der Waals surface area contributed by atoms with Crippen molar-refractivity contribution in [1.29, 1.82) is 0 Å². The first-order valence-corrected chi connectivity index (χ1v) is 4.75. The van der Waals surface area contributed by atoms with Crippen LogP contribution in [0.2, 0.25) is 0 Å². The fraction of sp³-hybridized carbons (Fsp3) is 0. The van der Waals surface area contributed by atoms with Gasteiger partial charge in [-0.1, -0.05) is 36.4 Å². The van der Waals surface area contributed by atoms with Crippen molar-refractivity contribution in [3.8, 4) is 11.1 Å². The molecule has 0 amide bonds. The SMILES string of the molecule is O=C([O-])c1cccc(-c2ccccc2F)c1. The van der Waals surface area contributed by atoms with Crippen LogP contribution in [-0.2, 0) is 0 Å². The minimum Gasteiger partial charge on any atom is -0.545 e. The fourth-order valence-electron chi connectivity index (χ4n) is 1.51. The smallest absolute Gasteiger partial charge is 0.131 e. The Kier molecular flexibility index (Phi) is 2.68. The monoisotopic (exact) mass is 215 g/mol. The molecule has 16 heavy (non-hydrogen) atoms. The van der Waals surface area contributed by atoms with Crippen LogP contribution in [0.15, 0.2) is 48.5 Å². The van der Waals surface area contributed by atoms with Crippen molar-refractivity contribution in [3.05, 3.63) is 59.9 Å². The summed E-state index contributed by atoms with van der Waals surface area (Å²) in [6.07, 6.45) is 0. The van der Waals surface area contributed by atoms with Crippen LogP contribution in [0.4, 0.5) is 4.39 Å². The van der Waals surface area contributed by atoms with Gasteiger partial charge in [0.2, 0.25) is 0 Å². The van der Waals surface area contributed by atoms with E-state index in [1.807, 2.05) is 0 Å². The third-order valence-electron chi connectivity index (χ3n) is 2.28. The summed E-state index contributed by atoms with van der Waals surface area (Å²) in [7, 11) is 0. The molecular formula is C13H8FO2-. The van der Waals surface area contributed by atoms with Crippen LogP contribution in [0.3, 0.4) is 0 Å². The lowest BCUT2D eigenvalue weighted by Crippen LogP contribution is -2.22. The van der Waals surface area contributed by atoms with Gasteiger partial charge in [0.25, 0.3) is 0 Å². The van der Waals surface area contributed by atoms with E-state index in [0.717, 1.165) is 0 Å². The molecule has 0 saturated carbocycles. The predicted molar refractivity (Wildman–Crippen MR) is 56.2 cm³/mol. The van der Waals surface area contributed by atoms with E-state index >= 15 is 0 Å². The molecule has 0 heterocycles. The van der Waals surface area contributed by atoms with Crippen molar-refractivity contribution in [3.63, 3.8) is 0 Å². The van der Waals surface area contributed by atoms with Crippen molar-refractivity contribution >= 4 is 5.97 Å². The molecule has 0 aromatic heterocycles. The van der Waals surface area contributed by atoms with Gasteiger partial charge in [-0.2, -0.15) is 0 Å². The van der Waals surface area contributed by atoms with Crippen molar-refractivity contribution in [2.24, 2.45) is 0 Å². The third kappa shape index (κ3) is 1.93. The predicted octanol–water partition coefficient (Wildman–Crippen LogP) is 1.86. The van der Waals surface area contributed by atoms with Crippen LogP contribution < -0.4 is 5.11 Å². The van der Waals surface area contributed by atoms with E-state index in [-0.39, 0.29) is 11.4 Å². The Labute approximate surface area is 92.0 Å². The van der Waals surface area contributed by atoms with E-state index in [2.05, 4.69) is 0 Å². The first-order chi connectivity index (χ1) is 7.68. The van der Waals surface area contributed by atoms with Crippen LogP contribution >= 0.6 is 0 Å². The van der Waals surface area contributed by atoms with Gasteiger partial charge in [-0.15, -0.1) is 0 Å². The van der Waals surface area contributed by atoms with Crippen molar-refractivity contribution in [1.82, 2.24) is 0 Å². The highest BCUT2D eigenvalue weighted by atomic mass is 19.1. The zero-order valence-corrected chi connectivity index (χ0v) is 8.31. The number of carbonyl (C=O) groups excluding carboxylic acids is 1. The molecule has 2 aromatic rings. The quantitative estimate of drug-likeness (QED) is 0.767. The van der Waals surface area contributed by atoms with E-state index in [1.165, 1.54) is 18.2 Å². The highest BCUT2D eigenvalue weighted by Gasteiger charge is 2.04. The molecule has 0 fully saturated rings. The largest absolute Gasteiger partial charge is 0.545 e. The number of benzene rings is 2. The van der Waals surface area contributed by atoms with E-state index in [1.54, 1.807) is 30.3 Å². The Morgan fingerprint density at radius 2 is 1.81 bits per heavy atom. The van der Waals surface area contributed by atoms with Crippen LogP contribution in [0.25, 0.3) is 11.1 Å². The lowest BCUT2D eigenvalue weighted by molar-refractivity contribution is -0.255. The van der Waals surface area contributed by atoms with Crippen LogP contribution in [0.1, 0.15) is 10.4 Å². The molecule has 0 spiro atoms. The molecule has 2 rings (SSSR count). The summed E-state index contributed by atoms with van der Waals surface area (Å²) < 4.78 is 13.4. The van der Waals surface area contributed by atoms with E-state index < -0.39 is 5.97 Å². The number of rotatable bonds is 2. The first-order valence-electron chi connectivity index (χ1n) is 4.75. The average molecular weight is 215 g/mol. The number of carboxylic acid groups (broad SMARTS) is 1. The Bertz CT molecular complexity index is 535. The summed E-state index contributed by atoms with van der Waals surface area (Å²) >= 11 is 0. The number of hydrogen-bond acceptors (Lipinski definition) is 2. The minimum atomic E-state index is -1.27. The second-order valence-electron chi connectivity index (χ2n) is 3.35. The van der Waals surface area contributed by atoms with Gasteiger partial charge in [-0.25, -0.2) is 4.39 Å². The van der Waals surface area contributed by atoms with Crippen molar-refractivity contribution in [2.75, 3.05) is 0 Å². The van der Waals surface area contributed by atoms with E-state index in [4.69, 9.17) is 0 Å². The first kappa shape index (κ1) is 10.4. The maximum atomic E-state index is 13.4. The standard InChI is InChI=1S/C13H9FO2/c14-12-7-2-1-6-11(12)9-4-3-5-10(8-9)13(15)16/h1-8H,(H,15,16)/p-1. The van der Waals surface area contributed by atoms with Crippen LogP contribution in [0, 0.1) is 5.82 Å². The molecule has 3 heteroatoms. The minimum absolute atomic E-state index is 0.0424.